The summed E-state index contributed by atoms with van der Waals surface area (Å²) in [5, 5.41) is 11.8. The van der Waals surface area contributed by atoms with Crippen molar-refractivity contribution in [2.45, 2.75) is 12.5 Å². The Bertz CT molecular complexity index is 511. The Kier molecular flexibility index (Phi) is 4.12. The fourth-order valence-corrected chi connectivity index (χ4v) is 1.76. The molecule has 0 unspecified atom stereocenters. The molecule has 2 aromatic rings. The molecular formula is C15H15F2NO. The Morgan fingerprint density at radius 3 is 2.21 bits per heavy atom. The lowest BCUT2D eigenvalue weighted by atomic mass is 10.1. The molecule has 2 N–H and O–H groups in total. The molecule has 100 valence electrons. The van der Waals surface area contributed by atoms with E-state index in [9.17, 15) is 8.78 Å². The lowest BCUT2D eigenvalue weighted by molar-refractivity contribution is -0.00343. The van der Waals surface area contributed by atoms with Crippen LogP contribution in [-0.4, -0.2) is 11.7 Å². The van der Waals surface area contributed by atoms with E-state index >= 15 is 0 Å². The summed E-state index contributed by atoms with van der Waals surface area (Å²) in [4.78, 5) is 0. The third-order valence-electron chi connectivity index (χ3n) is 2.81. The van der Waals surface area contributed by atoms with Gasteiger partial charge < -0.3 is 10.4 Å². The fourth-order valence-electron chi connectivity index (χ4n) is 1.76. The standard InChI is InChI=1S/C15H15F2NO/c16-15(17,13-4-2-1-3-5-13)11-18-10-12-6-8-14(19)9-7-12/h1-9,18-19H,10-11H2. The summed E-state index contributed by atoms with van der Waals surface area (Å²) < 4.78 is 27.6. The number of halogens is 2. The Morgan fingerprint density at radius 1 is 0.947 bits per heavy atom. The van der Waals surface area contributed by atoms with Crippen LogP contribution in [0.4, 0.5) is 8.78 Å². The Labute approximate surface area is 110 Å². The molecule has 0 saturated carbocycles. The molecule has 2 aromatic carbocycles. The van der Waals surface area contributed by atoms with Gasteiger partial charge in [-0.25, -0.2) is 0 Å². The molecule has 0 saturated heterocycles. The molecule has 2 rings (SSSR count). The molecule has 0 aromatic heterocycles. The van der Waals surface area contributed by atoms with Gasteiger partial charge in [-0.1, -0.05) is 42.5 Å². The van der Waals surface area contributed by atoms with Gasteiger partial charge in [-0.15, -0.1) is 0 Å². The number of phenolic OH excluding ortho intramolecular Hbond substituents is 1. The van der Waals surface area contributed by atoms with Gasteiger partial charge in [0.1, 0.15) is 5.75 Å². The number of hydrogen-bond acceptors (Lipinski definition) is 2. The Morgan fingerprint density at radius 2 is 1.58 bits per heavy atom. The largest absolute Gasteiger partial charge is 0.508 e. The first-order chi connectivity index (χ1) is 9.08. The molecule has 4 heteroatoms. The maximum absolute atomic E-state index is 13.8. The molecule has 0 bridgehead atoms. The highest BCUT2D eigenvalue weighted by atomic mass is 19.3. The van der Waals surface area contributed by atoms with Gasteiger partial charge in [-0.05, 0) is 17.7 Å². The molecule has 0 atom stereocenters. The summed E-state index contributed by atoms with van der Waals surface area (Å²) in [6, 6.07) is 14.2. The molecule has 19 heavy (non-hydrogen) atoms. The van der Waals surface area contributed by atoms with E-state index in [-0.39, 0.29) is 11.3 Å². The minimum atomic E-state index is -2.89. The first-order valence-electron chi connectivity index (χ1n) is 6.00. The third-order valence-corrected chi connectivity index (χ3v) is 2.81. The summed E-state index contributed by atoms with van der Waals surface area (Å²) in [6.07, 6.45) is 0. The SMILES string of the molecule is Oc1ccc(CNCC(F)(F)c2ccccc2)cc1. The van der Waals surface area contributed by atoms with Crippen molar-refractivity contribution in [1.29, 1.82) is 0 Å². The second kappa shape index (κ2) is 5.80. The molecule has 2 nitrogen and oxygen atoms in total. The van der Waals surface area contributed by atoms with Crippen molar-refractivity contribution in [3.8, 4) is 5.75 Å². The molecule has 0 aliphatic carbocycles. The number of aromatic hydroxyl groups is 1. The smallest absolute Gasteiger partial charge is 0.285 e. The molecule has 0 radical (unpaired) electrons. The summed E-state index contributed by atoms with van der Waals surface area (Å²) in [6.45, 7) is -0.0827. The summed E-state index contributed by atoms with van der Waals surface area (Å²) >= 11 is 0. The number of alkyl halides is 2. The Hall–Kier alpha value is -1.94. The Balaban J connectivity index is 1.90. The van der Waals surface area contributed by atoms with Gasteiger partial charge in [-0.2, -0.15) is 8.78 Å². The van der Waals surface area contributed by atoms with Crippen LogP contribution in [0.1, 0.15) is 11.1 Å². The second-order valence-electron chi connectivity index (χ2n) is 4.34. The van der Waals surface area contributed by atoms with E-state index in [1.165, 1.54) is 24.3 Å². The quantitative estimate of drug-likeness (QED) is 0.867. The lowest BCUT2D eigenvalue weighted by Gasteiger charge is -2.17. The van der Waals surface area contributed by atoms with E-state index < -0.39 is 12.5 Å². The summed E-state index contributed by atoms with van der Waals surface area (Å²) in [7, 11) is 0. The van der Waals surface area contributed by atoms with Gasteiger partial charge in [0.2, 0.25) is 0 Å². The predicted molar refractivity (Wildman–Crippen MR) is 70.1 cm³/mol. The van der Waals surface area contributed by atoms with Crippen LogP contribution in [0.15, 0.2) is 54.6 Å². The number of rotatable bonds is 5. The van der Waals surface area contributed by atoms with Crippen LogP contribution in [0, 0.1) is 0 Å². The van der Waals surface area contributed by atoms with Gasteiger partial charge in [0.05, 0.1) is 6.54 Å². The predicted octanol–water partition coefficient (Wildman–Crippen LogP) is 3.27. The highest BCUT2D eigenvalue weighted by Crippen LogP contribution is 2.26. The first-order valence-corrected chi connectivity index (χ1v) is 6.00. The highest BCUT2D eigenvalue weighted by molar-refractivity contribution is 5.26. The zero-order valence-electron chi connectivity index (χ0n) is 10.3. The summed E-state index contributed by atoms with van der Waals surface area (Å²) in [5.74, 6) is -2.73. The molecular weight excluding hydrogens is 248 g/mol. The second-order valence-corrected chi connectivity index (χ2v) is 4.34. The van der Waals surface area contributed by atoms with Crippen LogP contribution in [0.25, 0.3) is 0 Å². The van der Waals surface area contributed by atoms with Crippen molar-refractivity contribution >= 4 is 0 Å². The van der Waals surface area contributed by atoms with Gasteiger partial charge >= 0.3 is 0 Å². The van der Waals surface area contributed by atoms with Crippen LogP contribution in [-0.2, 0) is 12.5 Å². The minimum Gasteiger partial charge on any atom is -0.508 e. The number of benzene rings is 2. The maximum atomic E-state index is 13.8. The minimum absolute atomic E-state index is 0.00760. The fraction of sp³-hybridized carbons (Fsp3) is 0.200. The molecule has 0 aliphatic heterocycles. The van der Waals surface area contributed by atoms with E-state index in [1.54, 1.807) is 30.3 Å². The van der Waals surface area contributed by atoms with Crippen molar-refractivity contribution in [1.82, 2.24) is 5.32 Å². The monoisotopic (exact) mass is 263 g/mol. The van der Waals surface area contributed by atoms with Gasteiger partial charge in [0.15, 0.2) is 0 Å². The van der Waals surface area contributed by atoms with Gasteiger partial charge in [0.25, 0.3) is 5.92 Å². The van der Waals surface area contributed by atoms with Crippen LogP contribution in [0.5, 0.6) is 5.75 Å². The van der Waals surface area contributed by atoms with E-state index in [0.717, 1.165) is 5.56 Å². The molecule has 0 fully saturated rings. The van der Waals surface area contributed by atoms with E-state index in [2.05, 4.69) is 5.32 Å². The van der Waals surface area contributed by atoms with Crippen LogP contribution < -0.4 is 5.32 Å². The average Bonchev–Trinajstić information content (AvgIpc) is 2.42. The average molecular weight is 263 g/mol. The topological polar surface area (TPSA) is 32.3 Å². The normalized spacial score (nSPS) is 11.5. The van der Waals surface area contributed by atoms with E-state index in [4.69, 9.17) is 5.11 Å². The molecule has 0 spiro atoms. The maximum Gasteiger partial charge on any atom is 0.285 e. The van der Waals surface area contributed by atoms with Crippen molar-refractivity contribution in [3.63, 3.8) is 0 Å². The van der Waals surface area contributed by atoms with Gasteiger partial charge in [0, 0.05) is 12.1 Å². The molecule has 0 amide bonds. The zero-order valence-corrected chi connectivity index (χ0v) is 10.3. The van der Waals surface area contributed by atoms with Crippen LogP contribution in [0.3, 0.4) is 0 Å². The highest BCUT2D eigenvalue weighted by Gasteiger charge is 2.30. The summed E-state index contributed by atoms with van der Waals surface area (Å²) in [5.41, 5.74) is 0.856. The van der Waals surface area contributed by atoms with E-state index in [0.29, 0.717) is 6.54 Å². The first kappa shape index (κ1) is 13.5. The van der Waals surface area contributed by atoms with Crippen molar-refractivity contribution in [2.24, 2.45) is 0 Å². The number of hydrogen-bond donors (Lipinski definition) is 2. The van der Waals surface area contributed by atoms with Crippen molar-refractivity contribution < 1.29 is 13.9 Å². The molecule has 0 aliphatic rings. The molecule has 0 heterocycles. The number of nitrogens with one attached hydrogen (secondary N) is 1. The lowest BCUT2D eigenvalue weighted by Crippen LogP contribution is -2.30. The van der Waals surface area contributed by atoms with E-state index in [1.807, 2.05) is 0 Å². The third kappa shape index (κ3) is 3.76. The van der Waals surface area contributed by atoms with Crippen molar-refractivity contribution in [3.05, 3.63) is 65.7 Å². The van der Waals surface area contributed by atoms with Crippen LogP contribution in [0.2, 0.25) is 0 Å². The zero-order chi connectivity index (χ0) is 13.7. The van der Waals surface area contributed by atoms with Crippen molar-refractivity contribution in [2.75, 3.05) is 6.54 Å². The van der Waals surface area contributed by atoms with Crippen LogP contribution >= 0.6 is 0 Å². The van der Waals surface area contributed by atoms with Gasteiger partial charge in [-0.3, -0.25) is 0 Å². The number of phenols is 1.